The molecule has 0 saturated carbocycles. The topological polar surface area (TPSA) is 202 Å². The maximum atomic E-state index is 8.66. The van der Waals surface area contributed by atoms with Gasteiger partial charge in [-0.1, -0.05) is 249 Å². The summed E-state index contributed by atoms with van der Waals surface area (Å²) < 4.78 is 0. The molecule has 103 heavy (non-hydrogen) atoms. The van der Waals surface area contributed by atoms with Crippen molar-refractivity contribution in [2.24, 2.45) is 5.92 Å². The number of unbranched alkanes of at least 4 members (excludes halogenated alkanes) is 30. The molecular formula is C93H182O10. The Balaban J connectivity index is -0.000000119. The first kappa shape index (κ1) is 120. The third-order valence-electron chi connectivity index (χ3n) is 15.5. The second-order valence-electron chi connectivity index (χ2n) is 27.3. The van der Waals surface area contributed by atoms with Crippen LogP contribution in [0.1, 0.15) is 378 Å². The van der Waals surface area contributed by atoms with Crippen LogP contribution < -0.4 is 0 Å². The van der Waals surface area contributed by atoms with Gasteiger partial charge < -0.3 is 51.1 Å². The molecule has 10 nitrogen and oxygen atoms in total. The molecule has 0 aliphatic carbocycles. The Bertz CT molecular complexity index is 1710. The van der Waals surface area contributed by atoms with Gasteiger partial charge in [-0.3, -0.25) is 0 Å². The normalized spacial score (nSPS) is 10.8. The van der Waals surface area contributed by atoms with E-state index >= 15 is 0 Å². The standard InChI is InChI=1S/C18H36O.C10H20O.2C10H18O.C10H20O.C9H18O.2C8H16O.C6H12O.C4H8O/c1-2-3-4-5-6-7-8-9-10-11-12-13-14-15-16-17-18-19;3*1-9(2)5-4-6-10(3)7-8-11;1-2-3-4-5-6-7-8-9-10-11;1-2-3-4-5-6-7-8-9-10;2*1-2-3-4-5-6-7-8-9;1-2-3-4-5-6-7;1-2-3-4-5/h9-10,19H,2-8,11-18H2,1H3;5,10-11H,4,6-8H2,1-3H3;2*5,7,11H,4,6,8H2,1-3H3;2,11H,1,3-10H2;3-4,10H,2,5-9H2,1H3;2-3,9H,4-8H2,1H3;2,9H,1,3-8H2;2,7H,1,3-6H2;2,5H,1,3-4H2/b10-9-;;10-7+;10-7-;;4-3-;3-2+;;;. The third kappa shape index (κ3) is 174. The second kappa shape index (κ2) is 128. The molecule has 0 heterocycles. The highest BCUT2D eigenvalue weighted by atomic mass is 16.3. The molecule has 0 fully saturated rings. The molecule has 1 unspecified atom stereocenters. The molecule has 0 bridgehead atoms. The molecule has 0 spiro atoms. The van der Waals surface area contributed by atoms with E-state index in [9.17, 15) is 0 Å². The number of allylic oxidation sites excluding steroid dienone is 17. The molecule has 0 aromatic heterocycles. The van der Waals surface area contributed by atoms with Crippen LogP contribution in [-0.4, -0.2) is 117 Å². The highest BCUT2D eigenvalue weighted by Crippen LogP contribution is 2.13. The van der Waals surface area contributed by atoms with Crippen LogP contribution in [0.3, 0.4) is 0 Å². The summed E-state index contributed by atoms with van der Waals surface area (Å²) in [7, 11) is 0. The average molecular weight is 1460 g/mol. The fraction of sp³-hybridized carbons (Fsp3) is 0.742. The van der Waals surface area contributed by atoms with Gasteiger partial charge in [0.25, 0.3) is 0 Å². The van der Waals surface area contributed by atoms with Gasteiger partial charge >= 0.3 is 0 Å². The minimum atomic E-state index is 0.167. The minimum absolute atomic E-state index is 0.167. The van der Waals surface area contributed by atoms with Gasteiger partial charge in [-0.2, -0.15) is 0 Å². The number of hydrogen-bond acceptors (Lipinski definition) is 10. The van der Waals surface area contributed by atoms with E-state index in [1.807, 2.05) is 37.3 Å². The van der Waals surface area contributed by atoms with E-state index in [0.717, 1.165) is 135 Å². The summed E-state index contributed by atoms with van der Waals surface area (Å²) in [5.41, 5.74) is 6.65. The monoisotopic (exact) mass is 1460 g/mol. The summed E-state index contributed by atoms with van der Waals surface area (Å²) >= 11 is 0. The van der Waals surface area contributed by atoms with E-state index in [0.29, 0.717) is 58.6 Å². The van der Waals surface area contributed by atoms with Crippen molar-refractivity contribution in [3.63, 3.8) is 0 Å². The first-order valence-electron chi connectivity index (χ1n) is 41.5. The molecule has 614 valence electrons. The summed E-state index contributed by atoms with van der Waals surface area (Å²) in [5, 5.41) is 84.4. The highest BCUT2D eigenvalue weighted by Gasteiger charge is 1.99. The lowest BCUT2D eigenvalue weighted by Gasteiger charge is -2.06. The zero-order valence-electron chi connectivity index (χ0n) is 70.6. The first-order valence-corrected chi connectivity index (χ1v) is 41.5. The van der Waals surface area contributed by atoms with Crippen molar-refractivity contribution in [2.45, 2.75) is 378 Å². The Kier molecular flexibility index (Phi) is 150. The fourth-order valence-corrected chi connectivity index (χ4v) is 8.98. The third-order valence-corrected chi connectivity index (χ3v) is 15.5. The molecule has 0 rings (SSSR count). The number of aliphatic hydroxyl groups excluding tert-OH is 10. The van der Waals surface area contributed by atoms with Crippen molar-refractivity contribution < 1.29 is 51.1 Å². The number of hydrogen-bond donors (Lipinski definition) is 10. The van der Waals surface area contributed by atoms with Crippen molar-refractivity contribution in [1.82, 2.24) is 0 Å². The lowest BCUT2D eigenvalue weighted by molar-refractivity contribution is 0.259. The zero-order chi connectivity index (χ0) is 79.7. The highest BCUT2D eigenvalue weighted by molar-refractivity contribution is 5.03. The van der Waals surface area contributed by atoms with Crippen LogP contribution >= 0.6 is 0 Å². The molecule has 0 aromatic carbocycles. The average Bonchev–Trinajstić information content (AvgIpc) is 3.16. The van der Waals surface area contributed by atoms with Crippen molar-refractivity contribution in [1.29, 1.82) is 0 Å². The lowest BCUT2D eigenvalue weighted by Crippen LogP contribution is -1.96. The minimum Gasteiger partial charge on any atom is -0.396 e. The molecule has 0 aliphatic heterocycles. The molecule has 10 N–H and O–H groups in total. The van der Waals surface area contributed by atoms with Gasteiger partial charge in [0, 0.05) is 52.9 Å². The SMILES string of the molecule is C/C=C/CCCCCO.C=CCCCCCCCCO.C=CCCCCCCO.C=CCCCCO.C=CCCO.CC(C)=CCC/C(C)=C/CO.CC(C)=CCC/C(C)=C\CO.CC(C)=CCCC(C)CCO.CC/C=C\CCCCCO.CCCCCCCC/C=C\CCCCCCCCO. The zero-order valence-corrected chi connectivity index (χ0v) is 70.6. The van der Waals surface area contributed by atoms with Gasteiger partial charge in [0.05, 0.1) is 13.2 Å². The van der Waals surface area contributed by atoms with Crippen LogP contribution in [0.25, 0.3) is 0 Å². The van der Waals surface area contributed by atoms with Crippen LogP contribution in [0.2, 0.25) is 0 Å². The number of aliphatic hydroxyl groups is 10. The Morgan fingerprint density at radius 3 is 0.816 bits per heavy atom. The summed E-state index contributed by atoms with van der Waals surface area (Å²) in [6.07, 6.45) is 85.4. The van der Waals surface area contributed by atoms with Gasteiger partial charge in [0.1, 0.15) is 0 Å². The lowest BCUT2D eigenvalue weighted by atomic mass is 10.0. The van der Waals surface area contributed by atoms with Gasteiger partial charge in [-0.25, -0.2) is 0 Å². The molecule has 0 amide bonds. The smallest absolute Gasteiger partial charge is 0.0614 e. The van der Waals surface area contributed by atoms with Crippen LogP contribution in [0, 0.1) is 5.92 Å². The van der Waals surface area contributed by atoms with Gasteiger partial charge in [0.15, 0.2) is 0 Å². The number of rotatable bonds is 59. The van der Waals surface area contributed by atoms with Crippen LogP contribution in [0.15, 0.2) is 145 Å². The molecular weight excluding hydrogens is 1280 g/mol. The predicted octanol–water partition coefficient (Wildman–Crippen LogP) is 25.6. The molecule has 10 heteroatoms. The summed E-state index contributed by atoms with van der Waals surface area (Å²) in [5.74, 6) is 0.663. The summed E-state index contributed by atoms with van der Waals surface area (Å²) in [4.78, 5) is 0. The predicted molar refractivity (Wildman–Crippen MR) is 463 cm³/mol. The Morgan fingerprint density at radius 2 is 0.544 bits per heavy atom. The van der Waals surface area contributed by atoms with Gasteiger partial charge in [-0.05, 0) is 254 Å². The quantitative estimate of drug-likeness (QED) is 0.0206. The van der Waals surface area contributed by atoms with E-state index in [2.05, 4.69) is 157 Å². The largest absolute Gasteiger partial charge is 0.396 e. The van der Waals surface area contributed by atoms with Crippen LogP contribution in [0.5, 0.6) is 0 Å². The molecule has 0 aliphatic rings. The molecule has 1 atom stereocenters. The Hall–Kier alpha value is -3.52. The van der Waals surface area contributed by atoms with Crippen molar-refractivity contribution >= 4 is 0 Å². The Labute approximate surface area is 643 Å². The second-order valence-corrected chi connectivity index (χ2v) is 27.3. The van der Waals surface area contributed by atoms with E-state index in [4.69, 9.17) is 51.1 Å². The van der Waals surface area contributed by atoms with Crippen LogP contribution in [0.4, 0.5) is 0 Å². The molecule has 0 saturated heterocycles. The van der Waals surface area contributed by atoms with Crippen molar-refractivity contribution in [2.75, 3.05) is 66.1 Å². The maximum Gasteiger partial charge on any atom is 0.0614 e. The van der Waals surface area contributed by atoms with Gasteiger partial charge in [-0.15, -0.1) is 26.3 Å². The molecule has 0 radical (unpaired) electrons. The van der Waals surface area contributed by atoms with E-state index in [1.165, 1.54) is 182 Å². The van der Waals surface area contributed by atoms with E-state index < -0.39 is 0 Å². The van der Waals surface area contributed by atoms with E-state index in [-0.39, 0.29) is 19.8 Å². The van der Waals surface area contributed by atoms with Crippen molar-refractivity contribution in [3.8, 4) is 0 Å². The Morgan fingerprint density at radius 1 is 0.272 bits per heavy atom. The van der Waals surface area contributed by atoms with E-state index in [1.54, 1.807) is 6.08 Å². The summed E-state index contributed by atoms with van der Waals surface area (Å²) in [6, 6.07) is 0. The fourth-order valence-electron chi connectivity index (χ4n) is 8.98. The summed E-state index contributed by atoms with van der Waals surface area (Å²) in [6.45, 7) is 42.6. The van der Waals surface area contributed by atoms with Crippen LogP contribution in [-0.2, 0) is 0 Å². The molecule has 0 aromatic rings. The first-order chi connectivity index (χ1) is 49.9. The van der Waals surface area contributed by atoms with Crippen molar-refractivity contribution in [3.05, 3.63) is 145 Å². The maximum absolute atomic E-state index is 8.66. The van der Waals surface area contributed by atoms with Gasteiger partial charge in [0.2, 0.25) is 0 Å².